The van der Waals surface area contributed by atoms with Crippen LogP contribution in [0.1, 0.15) is 59.3 Å². The first kappa shape index (κ1) is 17.8. The van der Waals surface area contributed by atoms with Gasteiger partial charge in [0.25, 0.3) is 0 Å². The molecule has 0 aromatic rings. The Labute approximate surface area is 108 Å². The number of unbranched alkanes of at least 4 members (excludes halogenated alkanes) is 3. The summed E-state index contributed by atoms with van der Waals surface area (Å²) >= 11 is -2.67. The van der Waals surface area contributed by atoms with Gasteiger partial charge in [-0.05, 0) is 0 Å². The first-order chi connectivity index (χ1) is 7.93. The van der Waals surface area contributed by atoms with Crippen molar-refractivity contribution in [1.29, 1.82) is 0 Å². The molecular weight excluding hydrogens is 302 g/mol. The molecule has 0 aromatic heterocycles. The molecule has 0 bridgehead atoms. The molecule has 17 heavy (non-hydrogen) atoms. The summed E-state index contributed by atoms with van der Waals surface area (Å²) in [5.41, 5.74) is 0. The molecule has 108 valence electrons. The quantitative estimate of drug-likeness (QED) is 0.444. The maximum atomic E-state index is 9.91. The van der Waals surface area contributed by atoms with Crippen LogP contribution in [0.15, 0.2) is 0 Å². The molecule has 0 fully saturated rings. The molecule has 0 aliphatic heterocycles. The van der Waals surface area contributed by atoms with Gasteiger partial charge in [-0.15, -0.1) is 0 Å². The maximum absolute atomic E-state index is 9.91. The van der Waals surface area contributed by atoms with Crippen molar-refractivity contribution in [2.45, 2.75) is 75.3 Å². The Balaban J connectivity index is 5.09. The molecule has 0 radical (unpaired) electrons. The van der Waals surface area contributed by atoms with Gasteiger partial charge in [-0.25, -0.2) is 0 Å². The molecule has 0 saturated carbocycles. The van der Waals surface area contributed by atoms with Gasteiger partial charge in [0.2, 0.25) is 0 Å². The van der Waals surface area contributed by atoms with Crippen LogP contribution >= 0.6 is 6.19 Å². The summed E-state index contributed by atoms with van der Waals surface area (Å²) in [6, 6.07) is 0. The molecule has 0 aromatic carbocycles. The first-order valence-electron chi connectivity index (χ1n) is 6.87. The van der Waals surface area contributed by atoms with Crippen LogP contribution < -0.4 is 0 Å². The van der Waals surface area contributed by atoms with Crippen LogP contribution in [-0.2, 0) is 0 Å². The van der Waals surface area contributed by atoms with Crippen molar-refractivity contribution in [3.63, 3.8) is 0 Å². The van der Waals surface area contributed by atoms with Gasteiger partial charge in [-0.3, -0.25) is 0 Å². The van der Waals surface area contributed by atoms with E-state index in [1.165, 1.54) is 0 Å². The molecule has 0 unspecified atom stereocenters. The summed E-state index contributed by atoms with van der Waals surface area (Å²) in [4.78, 5) is 29.7. The Morgan fingerprint density at radius 2 is 1.00 bits per heavy atom. The summed E-state index contributed by atoms with van der Waals surface area (Å²) in [6.07, 6.45) is 2.73. The predicted octanol–water partition coefficient (Wildman–Crippen LogP) is 3.80. The van der Waals surface area contributed by atoms with E-state index in [9.17, 15) is 14.7 Å². The summed E-state index contributed by atoms with van der Waals surface area (Å²) in [5, 5.41) is 2.73. The third-order valence-electron chi connectivity index (χ3n) is 3.35. The molecule has 0 aliphatic carbocycles. The van der Waals surface area contributed by atoms with Crippen molar-refractivity contribution in [1.82, 2.24) is 0 Å². The zero-order valence-corrected chi connectivity index (χ0v) is 14.4. The molecular formula is C12H31O3PSe. The van der Waals surface area contributed by atoms with E-state index in [2.05, 4.69) is 20.8 Å². The fourth-order valence-electron chi connectivity index (χ4n) is 2.10. The molecule has 0 amide bonds. The Bertz CT molecular complexity index is 236. The van der Waals surface area contributed by atoms with Crippen molar-refractivity contribution < 1.29 is 14.7 Å². The van der Waals surface area contributed by atoms with Gasteiger partial charge >= 0.3 is 108 Å². The third-order valence-corrected chi connectivity index (χ3v) is 22.0. The Morgan fingerprint density at radius 3 is 1.18 bits per heavy atom. The van der Waals surface area contributed by atoms with Crippen LogP contribution in [0.25, 0.3) is 0 Å². The predicted molar refractivity (Wildman–Crippen MR) is 79.9 cm³/mol. The minimum absolute atomic E-state index is 0.909. The van der Waals surface area contributed by atoms with Crippen molar-refractivity contribution in [2.75, 3.05) is 0 Å². The van der Waals surface area contributed by atoms with Gasteiger partial charge < -0.3 is 0 Å². The van der Waals surface area contributed by atoms with Gasteiger partial charge in [0.15, 0.2) is 0 Å². The van der Waals surface area contributed by atoms with E-state index in [1.807, 2.05) is 0 Å². The van der Waals surface area contributed by atoms with Crippen LogP contribution in [0.3, 0.4) is 0 Å². The van der Waals surface area contributed by atoms with E-state index in [1.54, 1.807) is 0 Å². The van der Waals surface area contributed by atoms with Crippen LogP contribution in [0, 0.1) is 0 Å². The number of rotatable bonds is 9. The molecule has 3 N–H and O–H groups in total. The number of hydrogen-bond acceptors (Lipinski definition) is 3. The molecule has 0 heterocycles. The second-order valence-corrected chi connectivity index (χ2v) is 21.1. The van der Waals surface area contributed by atoms with Crippen molar-refractivity contribution >= 4 is 18.1 Å². The summed E-state index contributed by atoms with van der Waals surface area (Å²) in [5.74, 6) is 0. The SMILES string of the molecule is CCCC[SeH](CCCC)(CCCC)=P(O)(O)O. The van der Waals surface area contributed by atoms with E-state index in [-0.39, 0.29) is 0 Å². The molecule has 0 saturated heterocycles. The van der Waals surface area contributed by atoms with Gasteiger partial charge in [-0.1, -0.05) is 0 Å². The second-order valence-electron chi connectivity index (χ2n) is 4.86. The molecule has 0 aliphatic rings. The normalized spacial score (nSPS) is 14.0. The van der Waals surface area contributed by atoms with Crippen molar-refractivity contribution in [2.24, 2.45) is 0 Å². The number of hydrogen-bond donors (Lipinski definition) is 3. The summed E-state index contributed by atoms with van der Waals surface area (Å²) < 4.78 is 0. The minimum atomic E-state index is -3.57. The van der Waals surface area contributed by atoms with Crippen molar-refractivity contribution in [3.05, 3.63) is 0 Å². The zero-order chi connectivity index (χ0) is 13.4. The van der Waals surface area contributed by atoms with Crippen molar-refractivity contribution in [3.8, 4) is 0 Å². The first-order valence-corrected chi connectivity index (χ1v) is 15.0. The molecule has 0 spiro atoms. The van der Waals surface area contributed by atoms with E-state index in [4.69, 9.17) is 0 Å². The molecule has 3 nitrogen and oxygen atoms in total. The molecule has 0 atom stereocenters. The topological polar surface area (TPSA) is 60.7 Å². The van der Waals surface area contributed by atoms with Gasteiger partial charge in [0, 0.05) is 0 Å². The molecule has 0 rings (SSSR count). The Morgan fingerprint density at radius 1 is 0.706 bits per heavy atom. The van der Waals surface area contributed by atoms with Gasteiger partial charge in [-0.2, -0.15) is 0 Å². The van der Waals surface area contributed by atoms with E-state index < -0.39 is 18.1 Å². The van der Waals surface area contributed by atoms with Crippen LogP contribution in [0.5, 0.6) is 0 Å². The van der Waals surface area contributed by atoms with E-state index in [0.29, 0.717) is 0 Å². The fourth-order valence-corrected chi connectivity index (χ4v) is 17.3. The van der Waals surface area contributed by atoms with Crippen LogP contribution in [0.2, 0.25) is 16.0 Å². The van der Waals surface area contributed by atoms with Gasteiger partial charge in [0.1, 0.15) is 0 Å². The van der Waals surface area contributed by atoms with Crippen LogP contribution in [-0.4, -0.2) is 26.6 Å². The Hall–Kier alpha value is 0.829. The van der Waals surface area contributed by atoms with E-state index >= 15 is 0 Å². The average Bonchev–Trinajstić information content (AvgIpc) is 2.27. The van der Waals surface area contributed by atoms with Crippen LogP contribution in [0.4, 0.5) is 0 Å². The monoisotopic (exact) mass is 334 g/mol. The summed E-state index contributed by atoms with van der Waals surface area (Å²) in [6.45, 7) is 6.36. The van der Waals surface area contributed by atoms with Gasteiger partial charge in [0.05, 0.1) is 0 Å². The van der Waals surface area contributed by atoms with E-state index in [0.717, 1.165) is 54.5 Å². The Kier molecular flexibility index (Phi) is 9.28. The average molecular weight is 333 g/mol. The summed E-state index contributed by atoms with van der Waals surface area (Å²) in [7, 11) is 0. The second kappa shape index (κ2) is 8.85. The zero-order valence-electron chi connectivity index (χ0n) is 11.6. The molecule has 5 heteroatoms. The standard InChI is InChI=1S/C12H31O3PSe/c1-4-7-10-17(11-8-5-2,12-9-6-3)16(13,14)15/h13-15,17H,4-12H2,1-3H3. The third kappa shape index (κ3) is 6.00. The fraction of sp³-hybridized carbons (Fsp3) is 1.00.